The Kier molecular flexibility index (Phi) is 17.6. The minimum absolute atomic E-state index is 0. The van der Waals surface area contributed by atoms with Crippen LogP contribution in [0.4, 0.5) is 0 Å². The molecule has 6 aromatic rings. The Morgan fingerprint density at radius 2 is 0.872 bits per heavy atom. The Morgan fingerprint density at radius 1 is 0.617 bits per heavy atom. The van der Waals surface area contributed by atoms with Crippen LogP contribution in [0.25, 0.3) is 34.2 Å². The molecule has 6 rings (SSSR count). The molecule has 0 spiro atoms. The fraction of sp³-hybridized carbons (Fsp3) is 0.100. The zero-order chi connectivity index (χ0) is 32.6. The fourth-order valence-electron chi connectivity index (χ4n) is 3.96. The maximum Gasteiger partial charge on any atom is 3.00 e. The van der Waals surface area contributed by atoms with Crippen molar-refractivity contribution in [2.45, 2.75) is 20.8 Å². The van der Waals surface area contributed by atoms with Crippen molar-refractivity contribution in [3.8, 4) is 40.2 Å². The molecule has 0 aromatic carbocycles. The third kappa shape index (κ3) is 12.6. The molecule has 15 nitrogen and oxygen atoms in total. The van der Waals surface area contributed by atoms with E-state index in [-0.39, 0.29) is 44.1 Å². The van der Waals surface area contributed by atoms with E-state index in [2.05, 4.69) is 15.0 Å². The smallest absolute Gasteiger partial charge is 0.550 e. The van der Waals surface area contributed by atoms with Gasteiger partial charge in [-0.15, -0.1) is 0 Å². The molecule has 0 unspecified atom stereocenters. The molecule has 0 amide bonds. The average Bonchev–Trinajstić information content (AvgIpc) is 3.81. The first kappa shape index (κ1) is 39.8. The minimum Gasteiger partial charge on any atom is -0.550 e. The van der Waals surface area contributed by atoms with E-state index in [9.17, 15) is 0 Å². The summed E-state index contributed by atoms with van der Waals surface area (Å²) in [5.41, 5.74) is 4.78. The molecule has 0 saturated carbocycles. The predicted molar refractivity (Wildman–Crippen MR) is 167 cm³/mol. The third-order valence-electron chi connectivity index (χ3n) is 5.57. The Hall–Kier alpha value is -5.18. The van der Waals surface area contributed by atoms with Gasteiger partial charge >= 0.3 is 45.7 Å². The number of hydrogen-bond donors (Lipinski definition) is 0. The molecule has 0 aliphatic heterocycles. The molecule has 6 heterocycles. The van der Waals surface area contributed by atoms with E-state index in [0.29, 0.717) is 0 Å². The van der Waals surface area contributed by atoms with Crippen LogP contribution in [0.5, 0.6) is 0 Å². The van der Waals surface area contributed by atoms with Gasteiger partial charge in [0.25, 0.3) is 0 Å². The van der Waals surface area contributed by atoms with E-state index < -0.39 is 19.1 Å². The van der Waals surface area contributed by atoms with E-state index in [1.165, 1.54) is 6.92 Å². The molecule has 6 aromatic heterocycles. The molecule has 0 radical (unpaired) electrons. The van der Waals surface area contributed by atoms with Crippen molar-refractivity contribution in [3.05, 3.63) is 110 Å². The van der Waals surface area contributed by atoms with E-state index >= 15 is 0 Å². The molecular formula is C30H31BN10O5Tb+. The number of nitriles is 1. The number of aliphatic carboxylic acids is 2. The van der Waals surface area contributed by atoms with Gasteiger partial charge in [0.2, 0.25) is 0 Å². The van der Waals surface area contributed by atoms with Crippen molar-refractivity contribution in [1.29, 1.82) is 5.26 Å². The van der Waals surface area contributed by atoms with E-state index in [1.807, 2.05) is 105 Å². The molecule has 0 aliphatic rings. The number of rotatable bonds is 6. The van der Waals surface area contributed by atoms with Crippen molar-refractivity contribution in [1.82, 2.24) is 44.0 Å². The Balaban J connectivity index is 0.000000748. The summed E-state index contributed by atoms with van der Waals surface area (Å²) < 4.78 is 5.69. The van der Waals surface area contributed by atoms with Crippen molar-refractivity contribution in [2.75, 3.05) is 0 Å². The van der Waals surface area contributed by atoms with Gasteiger partial charge in [-0.2, -0.15) is 5.26 Å². The van der Waals surface area contributed by atoms with Crippen LogP contribution in [0, 0.1) is 49.9 Å². The molecule has 0 bridgehead atoms. The zero-order valence-corrected chi connectivity index (χ0v) is 27.8. The first-order chi connectivity index (χ1) is 21.7. The van der Waals surface area contributed by atoms with Gasteiger partial charge in [0.15, 0.2) is 0 Å². The van der Waals surface area contributed by atoms with Gasteiger partial charge in [-0.1, -0.05) is 18.2 Å². The van der Waals surface area contributed by atoms with Gasteiger partial charge in [-0.25, -0.2) is 15.3 Å². The van der Waals surface area contributed by atoms with E-state index in [0.717, 1.165) is 48.0 Å². The molecule has 242 valence electrons. The van der Waals surface area contributed by atoms with Gasteiger partial charge < -0.3 is 39.1 Å². The third-order valence-corrected chi connectivity index (χ3v) is 5.57. The monoisotopic (exact) mass is 781 g/mol. The Bertz CT molecular complexity index is 1620. The molecule has 47 heavy (non-hydrogen) atoms. The first-order valence-electron chi connectivity index (χ1n) is 13.5. The molecule has 0 atom stereocenters. The number of carbonyl (C=O) groups is 2. The molecule has 0 saturated heterocycles. The van der Waals surface area contributed by atoms with Crippen LogP contribution in [-0.4, -0.2) is 63.1 Å². The maximum atomic E-state index is 8.89. The largest absolute Gasteiger partial charge is 3.00 e. The van der Waals surface area contributed by atoms with Crippen LogP contribution < -0.4 is 10.2 Å². The summed E-state index contributed by atoms with van der Waals surface area (Å²) >= 11 is 0. The Labute approximate surface area is 301 Å². The van der Waals surface area contributed by atoms with Crippen LogP contribution >= 0.6 is 0 Å². The number of aromatic nitrogens is 9. The van der Waals surface area contributed by atoms with Crippen molar-refractivity contribution < 1.29 is 63.9 Å². The first-order valence-corrected chi connectivity index (χ1v) is 13.5. The molecule has 0 aliphatic carbocycles. The zero-order valence-electron chi connectivity index (χ0n) is 25.6. The van der Waals surface area contributed by atoms with Crippen LogP contribution in [0.15, 0.2) is 110 Å². The van der Waals surface area contributed by atoms with Crippen LogP contribution in [0.1, 0.15) is 20.8 Å². The summed E-state index contributed by atoms with van der Waals surface area (Å²) in [6, 6.07) is 24.9. The summed E-state index contributed by atoms with van der Waals surface area (Å²) in [4.78, 5) is 31.1. The van der Waals surface area contributed by atoms with Crippen molar-refractivity contribution in [2.24, 2.45) is 0 Å². The Morgan fingerprint density at radius 3 is 1.09 bits per heavy atom. The summed E-state index contributed by atoms with van der Waals surface area (Å²) in [6.07, 6.45) is 11.1. The van der Waals surface area contributed by atoms with Gasteiger partial charge in [0.1, 0.15) is 17.1 Å². The number of carboxylic acid groups (broad SMARTS) is 2. The number of carbonyl (C=O) groups excluding carboxylic acids is 2. The van der Waals surface area contributed by atoms with Gasteiger partial charge in [-0.05, 0) is 87.0 Å². The molecule has 0 fully saturated rings. The van der Waals surface area contributed by atoms with Gasteiger partial charge in [-0.3, -0.25) is 15.0 Å². The van der Waals surface area contributed by atoms with E-state index in [4.69, 9.17) is 40.4 Å². The van der Waals surface area contributed by atoms with Gasteiger partial charge in [0, 0.05) is 37.5 Å². The van der Waals surface area contributed by atoms with Crippen LogP contribution in [0.3, 0.4) is 0 Å². The second kappa shape index (κ2) is 20.8. The number of pyridine rings is 3. The standard InChI is InChI=1S/C24H19BN9.C2H3N.2C2H4O2.H2O.Tb/c1-4-13-26-19(7-1)22-10-16-32(29-22)25(33-17-11-23(30-33)20-8-2-5-14-27-20)34-18-12-24(31-34)21-9-3-6-15-28-21;1-2-3;2*1-2(3)4;;/h1-18,25H;1H3;2*1H3,(H,3,4);1H2;/q-1;;;;;+3/p-1. The minimum atomic E-state index is -1.56. The summed E-state index contributed by atoms with van der Waals surface area (Å²) in [6.45, 7) is 3.38. The second-order valence-corrected chi connectivity index (χ2v) is 9.00. The van der Waals surface area contributed by atoms with Crippen molar-refractivity contribution in [3.63, 3.8) is 0 Å². The number of nitrogens with zero attached hydrogens (tertiary/aromatic N) is 10. The summed E-state index contributed by atoms with van der Waals surface area (Å²) in [7, 11) is -1.56. The van der Waals surface area contributed by atoms with Crippen molar-refractivity contribution >= 4 is 19.1 Å². The molecule has 17 heteroatoms. The average molecular weight is 781 g/mol. The van der Waals surface area contributed by atoms with E-state index in [1.54, 1.807) is 24.7 Å². The number of carboxylic acids is 2. The number of hydrogen-bond acceptors (Lipinski definition) is 11. The quantitative estimate of drug-likeness (QED) is 0.164. The second-order valence-electron chi connectivity index (χ2n) is 9.00. The molecular weight excluding hydrogens is 750 g/mol. The van der Waals surface area contributed by atoms with Crippen LogP contribution in [-0.2, 0) is 15.1 Å². The normalized spacial score (nSPS) is 9.34. The summed E-state index contributed by atoms with van der Waals surface area (Å²) in [5.74, 6) is -2.17. The van der Waals surface area contributed by atoms with Gasteiger partial charge in [0.05, 0.1) is 23.2 Å². The fourth-order valence-corrected chi connectivity index (χ4v) is 3.96. The predicted octanol–water partition coefficient (Wildman–Crippen LogP) is 0.244. The maximum absolute atomic E-state index is 8.89. The SMILES string of the molecule is CC#N.CC(=O)[O-].CC(=O)[O-].[OH3+].[Tb+3].c1ccc(-c2ccn([BH-](n3ccc(-c4ccccn4)n3)n3ccc(-c4ccccn4)n3)n2)nc1. The molecule has 3 N–H and O–H groups in total. The van der Waals surface area contributed by atoms with Crippen LogP contribution in [0.2, 0.25) is 0 Å². The topological polar surface area (TPSA) is 229 Å². The summed E-state index contributed by atoms with van der Waals surface area (Å²) in [5, 5.41) is 39.6.